The van der Waals surface area contributed by atoms with Gasteiger partial charge in [0.15, 0.2) is 12.5 Å². The zero-order chi connectivity index (χ0) is 15.1. The van der Waals surface area contributed by atoms with Gasteiger partial charge in [-0.05, 0) is 42.0 Å². The van der Waals surface area contributed by atoms with Crippen molar-refractivity contribution >= 4 is 34.9 Å². The van der Waals surface area contributed by atoms with Gasteiger partial charge >= 0.3 is 0 Å². The molecule has 2 N–H and O–H groups in total. The van der Waals surface area contributed by atoms with Crippen molar-refractivity contribution in [3.05, 3.63) is 44.2 Å². The van der Waals surface area contributed by atoms with Crippen LogP contribution in [0.4, 0.5) is 0 Å². The second kappa shape index (κ2) is 5.73. The van der Waals surface area contributed by atoms with Crippen LogP contribution in [0.3, 0.4) is 0 Å². The summed E-state index contributed by atoms with van der Waals surface area (Å²) in [6.45, 7) is 4.29. The monoisotopic (exact) mass is 349 g/mol. The smallest absolute Gasteiger partial charge is 0.221 e. The van der Waals surface area contributed by atoms with Crippen LogP contribution in [0.15, 0.2) is 29.0 Å². The number of fused-ring (bicyclic) bond motifs is 1. The lowest BCUT2D eigenvalue weighted by Crippen LogP contribution is -3.12. The first-order chi connectivity index (χ1) is 10.7. The topological polar surface area (TPSA) is 38.0 Å². The van der Waals surface area contributed by atoms with Gasteiger partial charge in [-0.25, -0.2) is 4.68 Å². The van der Waals surface area contributed by atoms with Crippen molar-refractivity contribution in [1.29, 1.82) is 0 Å². The first-order valence-electron chi connectivity index (χ1n) is 7.34. The van der Waals surface area contributed by atoms with Crippen LogP contribution in [0.2, 0.25) is 0 Å². The second-order valence-corrected chi connectivity index (χ2v) is 7.91. The van der Waals surface area contributed by atoms with E-state index in [4.69, 9.17) is 12.2 Å². The van der Waals surface area contributed by atoms with Gasteiger partial charge in [-0.15, -0.1) is 22.7 Å². The Bertz CT molecular complexity index is 827. The van der Waals surface area contributed by atoms with Crippen molar-refractivity contribution in [3.8, 4) is 10.7 Å². The Morgan fingerprint density at radius 3 is 3.14 bits per heavy atom. The summed E-state index contributed by atoms with van der Waals surface area (Å²) >= 11 is 8.99. The van der Waals surface area contributed by atoms with E-state index in [1.807, 2.05) is 22.1 Å². The molecule has 1 aliphatic rings. The van der Waals surface area contributed by atoms with E-state index in [0.29, 0.717) is 10.8 Å². The van der Waals surface area contributed by atoms with Crippen LogP contribution in [-0.4, -0.2) is 21.3 Å². The predicted molar refractivity (Wildman–Crippen MR) is 93.0 cm³/mol. The van der Waals surface area contributed by atoms with Gasteiger partial charge in [0, 0.05) is 16.9 Å². The summed E-state index contributed by atoms with van der Waals surface area (Å²) in [7, 11) is 0. The van der Waals surface area contributed by atoms with E-state index in [1.165, 1.54) is 10.5 Å². The highest BCUT2D eigenvalue weighted by molar-refractivity contribution is 7.71. The number of rotatable bonds is 3. The van der Waals surface area contributed by atoms with Crippen LogP contribution in [0, 0.1) is 4.77 Å². The molecule has 3 aromatic rings. The molecule has 0 saturated heterocycles. The minimum atomic E-state index is 0.505. The molecule has 7 heteroatoms. The molecule has 0 radical (unpaired) electrons. The summed E-state index contributed by atoms with van der Waals surface area (Å²) < 4.78 is 2.65. The molecule has 22 heavy (non-hydrogen) atoms. The maximum Gasteiger partial charge on any atom is 0.221 e. The van der Waals surface area contributed by atoms with Crippen LogP contribution in [0.5, 0.6) is 0 Å². The molecular weight excluding hydrogens is 332 g/mol. The molecule has 1 unspecified atom stereocenters. The molecule has 0 amide bonds. The highest BCUT2D eigenvalue weighted by Gasteiger charge is 2.28. The Morgan fingerprint density at radius 2 is 2.32 bits per heavy atom. The summed E-state index contributed by atoms with van der Waals surface area (Å²) in [6, 6.07) is 6.88. The lowest BCUT2D eigenvalue weighted by molar-refractivity contribution is -0.954. The van der Waals surface area contributed by atoms with Crippen molar-refractivity contribution in [1.82, 2.24) is 14.8 Å². The predicted octanol–water partition coefficient (Wildman–Crippen LogP) is 2.89. The number of quaternary nitrogens is 1. The third-order valence-electron chi connectivity index (χ3n) is 4.33. The van der Waals surface area contributed by atoms with E-state index in [2.05, 4.69) is 39.9 Å². The van der Waals surface area contributed by atoms with Gasteiger partial charge in [0.05, 0.1) is 11.4 Å². The maximum atomic E-state index is 5.43. The van der Waals surface area contributed by atoms with Crippen LogP contribution >= 0.6 is 34.9 Å². The molecule has 2 atom stereocenters. The number of nitrogens with one attached hydrogen (secondary N) is 2. The van der Waals surface area contributed by atoms with E-state index in [-0.39, 0.29) is 0 Å². The largest absolute Gasteiger partial charge is 0.310 e. The molecule has 4 nitrogen and oxygen atoms in total. The number of H-pyrrole nitrogens is 1. The highest BCUT2D eigenvalue weighted by Crippen LogP contribution is 2.25. The van der Waals surface area contributed by atoms with Gasteiger partial charge in [0.2, 0.25) is 4.77 Å². The molecule has 0 saturated carbocycles. The Kier molecular flexibility index (Phi) is 3.73. The van der Waals surface area contributed by atoms with Gasteiger partial charge in [-0.3, -0.25) is 5.10 Å². The molecule has 0 fully saturated rings. The number of nitrogens with zero attached hydrogens (tertiary/aromatic N) is 2. The first kappa shape index (κ1) is 14.3. The molecular formula is C15H17N4S3+. The summed E-state index contributed by atoms with van der Waals surface area (Å²) in [4.78, 5) is 8.71. The van der Waals surface area contributed by atoms with Gasteiger partial charge in [0.1, 0.15) is 6.04 Å². The van der Waals surface area contributed by atoms with Crippen LogP contribution in [0.1, 0.15) is 23.4 Å². The molecule has 0 aromatic carbocycles. The third-order valence-corrected chi connectivity index (χ3v) is 6.51. The number of hydrogen-bond donors (Lipinski definition) is 2. The SMILES string of the molecule is C[C@H]1c2ccsc2CC[NH+]1Cn1[nH]c(-c2cccs2)nc1=S. The molecule has 4 heterocycles. The average molecular weight is 350 g/mol. The van der Waals surface area contributed by atoms with Gasteiger partial charge in [0.25, 0.3) is 0 Å². The maximum absolute atomic E-state index is 5.43. The molecule has 3 aromatic heterocycles. The number of aromatic nitrogens is 3. The Labute approximate surface area is 142 Å². The standard InChI is InChI=1S/C15H16N4S3/c1-10-11-5-8-22-12(11)4-6-18(10)9-19-15(20)16-14(17-19)13-3-2-7-21-13/h2-3,5,7-8,10H,4,6,9H2,1H3,(H,16,17,20)/p+1/t10-/m0/s1. The highest BCUT2D eigenvalue weighted by atomic mass is 32.1. The Morgan fingerprint density at radius 1 is 1.41 bits per heavy atom. The van der Waals surface area contributed by atoms with Crippen LogP contribution < -0.4 is 4.90 Å². The number of thiophene rings is 2. The van der Waals surface area contributed by atoms with E-state index < -0.39 is 0 Å². The average Bonchev–Trinajstić information content (AvgIpc) is 3.23. The summed E-state index contributed by atoms with van der Waals surface area (Å²) in [5.41, 5.74) is 1.50. The molecule has 114 valence electrons. The number of hydrogen-bond acceptors (Lipinski definition) is 4. The zero-order valence-corrected chi connectivity index (χ0v) is 14.7. The fourth-order valence-electron chi connectivity index (χ4n) is 3.06. The van der Waals surface area contributed by atoms with Crippen molar-refractivity contribution < 1.29 is 4.90 Å². The van der Waals surface area contributed by atoms with Crippen LogP contribution in [0.25, 0.3) is 10.7 Å². The van der Waals surface area contributed by atoms with Gasteiger partial charge in [-0.2, -0.15) is 4.98 Å². The fourth-order valence-corrected chi connectivity index (χ4v) is 4.90. The second-order valence-electron chi connectivity index (χ2n) is 5.60. The van der Waals surface area contributed by atoms with E-state index in [0.717, 1.165) is 30.3 Å². The lowest BCUT2D eigenvalue weighted by Gasteiger charge is -2.30. The van der Waals surface area contributed by atoms with Crippen molar-refractivity contribution in [2.75, 3.05) is 6.54 Å². The van der Waals surface area contributed by atoms with Crippen LogP contribution in [-0.2, 0) is 13.1 Å². The number of aromatic amines is 1. The van der Waals surface area contributed by atoms with Crippen molar-refractivity contribution in [2.45, 2.75) is 26.1 Å². The zero-order valence-electron chi connectivity index (χ0n) is 12.2. The van der Waals surface area contributed by atoms with Gasteiger partial charge in [-0.1, -0.05) is 6.07 Å². The van der Waals surface area contributed by atoms with E-state index in [9.17, 15) is 0 Å². The minimum Gasteiger partial charge on any atom is -0.310 e. The Balaban J connectivity index is 1.58. The molecule has 0 bridgehead atoms. The fraction of sp³-hybridized carbons (Fsp3) is 0.333. The third kappa shape index (κ3) is 2.48. The Hall–Kier alpha value is -1.28. The van der Waals surface area contributed by atoms with E-state index in [1.54, 1.807) is 16.2 Å². The van der Waals surface area contributed by atoms with Crippen molar-refractivity contribution in [2.24, 2.45) is 0 Å². The lowest BCUT2D eigenvalue weighted by atomic mass is 10.0. The van der Waals surface area contributed by atoms with E-state index >= 15 is 0 Å². The summed E-state index contributed by atoms with van der Waals surface area (Å²) in [6.07, 6.45) is 1.16. The molecule has 0 spiro atoms. The van der Waals surface area contributed by atoms with Crippen molar-refractivity contribution in [3.63, 3.8) is 0 Å². The normalized spacial score (nSPS) is 21.0. The quantitative estimate of drug-likeness (QED) is 0.714. The first-order valence-corrected chi connectivity index (χ1v) is 9.50. The minimum absolute atomic E-state index is 0.505. The molecule has 1 aliphatic heterocycles. The molecule has 0 aliphatic carbocycles. The summed E-state index contributed by atoms with van der Waals surface area (Å²) in [5, 5.41) is 7.63. The molecule has 4 rings (SSSR count). The van der Waals surface area contributed by atoms with Gasteiger partial charge < -0.3 is 4.90 Å². The summed E-state index contributed by atoms with van der Waals surface area (Å²) in [5.74, 6) is 0.875.